The predicted octanol–water partition coefficient (Wildman–Crippen LogP) is 3.83. The van der Waals surface area contributed by atoms with Gasteiger partial charge in [0, 0.05) is 17.3 Å². The van der Waals surface area contributed by atoms with Gasteiger partial charge in [0.25, 0.3) is 0 Å². The number of carbonyl (C=O) groups is 1. The van der Waals surface area contributed by atoms with E-state index in [4.69, 9.17) is 15.2 Å². The highest BCUT2D eigenvalue weighted by atomic mass is 19.1. The van der Waals surface area contributed by atoms with Gasteiger partial charge >= 0.3 is 5.97 Å². The first-order valence-corrected chi connectivity index (χ1v) is 7.69. The summed E-state index contributed by atoms with van der Waals surface area (Å²) >= 11 is 0. The smallest absolute Gasteiger partial charge is 0.317 e. The van der Waals surface area contributed by atoms with Gasteiger partial charge < -0.3 is 15.2 Å². The molecule has 0 fully saturated rings. The van der Waals surface area contributed by atoms with Crippen molar-refractivity contribution in [1.82, 2.24) is 0 Å². The molecule has 0 aromatic heterocycles. The van der Waals surface area contributed by atoms with Crippen LogP contribution in [0.4, 0.5) is 10.1 Å². The molecule has 5 heteroatoms. The molecule has 0 bridgehead atoms. The number of ether oxygens (including phenoxy) is 2. The van der Waals surface area contributed by atoms with Crippen molar-refractivity contribution in [2.75, 3.05) is 12.3 Å². The van der Waals surface area contributed by atoms with Gasteiger partial charge in [-0.1, -0.05) is 24.8 Å². The van der Waals surface area contributed by atoms with Crippen molar-refractivity contribution in [3.05, 3.63) is 65.5 Å². The van der Waals surface area contributed by atoms with E-state index in [0.717, 1.165) is 5.56 Å². The Morgan fingerprint density at radius 1 is 1.38 bits per heavy atom. The van der Waals surface area contributed by atoms with E-state index in [0.29, 0.717) is 22.6 Å². The maximum Gasteiger partial charge on any atom is 0.317 e. The lowest BCUT2D eigenvalue weighted by Crippen LogP contribution is -2.21. The molecule has 0 saturated heterocycles. The van der Waals surface area contributed by atoms with Gasteiger partial charge in [0.15, 0.2) is 0 Å². The number of benzene rings is 2. The van der Waals surface area contributed by atoms with Crippen molar-refractivity contribution < 1.29 is 18.7 Å². The second-order valence-electron chi connectivity index (χ2n) is 5.54. The SMILES string of the molecule is C=Cc1cc2c(cc1N)OC(c1ccc(F)cc1)C2C(=O)OCC. The van der Waals surface area contributed by atoms with Gasteiger partial charge in [-0.3, -0.25) is 4.79 Å². The van der Waals surface area contributed by atoms with Crippen LogP contribution < -0.4 is 10.5 Å². The van der Waals surface area contributed by atoms with Crippen LogP contribution in [-0.4, -0.2) is 12.6 Å². The van der Waals surface area contributed by atoms with Crippen LogP contribution in [-0.2, 0) is 9.53 Å². The third-order valence-electron chi connectivity index (χ3n) is 4.07. The van der Waals surface area contributed by atoms with E-state index < -0.39 is 12.0 Å². The molecule has 0 spiro atoms. The van der Waals surface area contributed by atoms with Crippen molar-refractivity contribution in [3.8, 4) is 5.75 Å². The minimum atomic E-state index is -0.635. The molecule has 2 unspecified atom stereocenters. The number of rotatable bonds is 4. The van der Waals surface area contributed by atoms with Gasteiger partial charge in [0.2, 0.25) is 0 Å². The molecule has 1 heterocycles. The molecular formula is C19H18FNO3. The molecule has 0 aliphatic carbocycles. The fourth-order valence-electron chi connectivity index (χ4n) is 2.92. The van der Waals surface area contributed by atoms with E-state index in [9.17, 15) is 9.18 Å². The first-order chi connectivity index (χ1) is 11.5. The molecule has 124 valence electrons. The Balaban J connectivity index is 2.08. The Bertz CT molecular complexity index is 786. The van der Waals surface area contributed by atoms with Gasteiger partial charge in [0.1, 0.15) is 23.6 Å². The largest absolute Gasteiger partial charge is 0.484 e. The summed E-state index contributed by atoms with van der Waals surface area (Å²) in [6, 6.07) is 9.37. The zero-order valence-corrected chi connectivity index (χ0v) is 13.3. The number of nitrogen functional groups attached to an aromatic ring is 1. The monoisotopic (exact) mass is 327 g/mol. The van der Waals surface area contributed by atoms with E-state index in [1.165, 1.54) is 12.1 Å². The standard InChI is InChI=1S/C19H18FNO3/c1-3-11-9-14-16(10-15(11)21)24-18(17(14)19(22)23-4-2)12-5-7-13(20)8-6-12/h3,5-10,17-18H,1,4,21H2,2H3. The minimum absolute atomic E-state index is 0.268. The van der Waals surface area contributed by atoms with E-state index in [-0.39, 0.29) is 18.4 Å². The summed E-state index contributed by atoms with van der Waals surface area (Å²) in [6.45, 7) is 5.75. The molecule has 1 aliphatic heterocycles. The highest BCUT2D eigenvalue weighted by Gasteiger charge is 2.42. The van der Waals surface area contributed by atoms with Crippen LogP contribution in [0.5, 0.6) is 5.75 Å². The Labute approximate surface area is 139 Å². The maximum absolute atomic E-state index is 13.2. The summed E-state index contributed by atoms with van der Waals surface area (Å²) in [5.74, 6) is -0.833. The topological polar surface area (TPSA) is 61.5 Å². The Kier molecular flexibility index (Phi) is 4.25. The second kappa shape index (κ2) is 6.35. The molecule has 1 aliphatic rings. The normalized spacial score (nSPS) is 18.6. The highest BCUT2D eigenvalue weighted by molar-refractivity contribution is 5.83. The molecule has 0 amide bonds. The lowest BCUT2D eigenvalue weighted by Gasteiger charge is -2.18. The minimum Gasteiger partial charge on any atom is -0.484 e. The Morgan fingerprint density at radius 3 is 2.71 bits per heavy atom. The van der Waals surface area contributed by atoms with Crippen LogP contribution in [0.15, 0.2) is 43.0 Å². The average Bonchev–Trinajstić information content (AvgIpc) is 2.93. The van der Waals surface area contributed by atoms with E-state index in [1.54, 1.807) is 37.3 Å². The van der Waals surface area contributed by atoms with Crippen LogP contribution in [0.25, 0.3) is 6.08 Å². The first kappa shape index (κ1) is 16.1. The molecule has 0 radical (unpaired) electrons. The third-order valence-corrected chi connectivity index (χ3v) is 4.07. The van der Waals surface area contributed by atoms with E-state index in [2.05, 4.69) is 6.58 Å². The van der Waals surface area contributed by atoms with Gasteiger partial charge in [-0.2, -0.15) is 0 Å². The van der Waals surface area contributed by atoms with Gasteiger partial charge in [-0.05, 0) is 36.2 Å². The van der Waals surface area contributed by atoms with E-state index >= 15 is 0 Å². The van der Waals surface area contributed by atoms with Crippen LogP contribution in [0.1, 0.15) is 35.6 Å². The number of nitrogens with two attached hydrogens (primary N) is 1. The zero-order chi connectivity index (χ0) is 17.3. The summed E-state index contributed by atoms with van der Waals surface area (Å²) in [7, 11) is 0. The zero-order valence-electron chi connectivity index (χ0n) is 13.3. The van der Waals surface area contributed by atoms with Crippen molar-refractivity contribution in [2.45, 2.75) is 18.9 Å². The van der Waals surface area contributed by atoms with Gasteiger partial charge in [-0.25, -0.2) is 4.39 Å². The number of anilines is 1. The molecule has 24 heavy (non-hydrogen) atoms. The van der Waals surface area contributed by atoms with E-state index in [1.807, 2.05) is 0 Å². The van der Waals surface area contributed by atoms with Crippen molar-refractivity contribution in [3.63, 3.8) is 0 Å². The third kappa shape index (κ3) is 2.73. The average molecular weight is 327 g/mol. The quantitative estimate of drug-likeness (QED) is 0.685. The number of carbonyl (C=O) groups excluding carboxylic acids is 1. The molecule has 0 saturated carbocycles. The molecule has 4 nitrogen and oxygen atoms in total. The summed E-state index contributed by atoms with van der Waals surface area (Å²) in [5.41, 5.74) is 8.62. The number of esters is 1. The molecule has 2 atom stereocenters. The first-order valence-electron chi connectivity index (χ1n) is 7.69. The van der Waals surface area contributed by atoms with Crippen molar-refractivity contribution >= 4 is 17.7 Å². The molecule has 3 rings (SSSR count). The summed E-state index contributed by atoms with van der Waals surface area (Å²) in [4.78, 5) is 12.5. The maximum atomic E-state index is 13.2. The summed E-state index contributed by atoms with van der Waals surface area (Å²) in [6.07, 6.45) is 1.04. The Morgan fingerprint density at radius 2 is 2.08 bits per heavy atom. The fraction of sp³-hybridized carbons (Fsp3) is 0.211. The highest BCUT2D eigenvalue weighted by Crippen LogP contribution is 2.48. The lowest BCUT2D eigenvalue weighted by atomic mass is 9.90. The Hall–Kier alpha value is -2.82. The number of fused-ring (bicyclic) bond motifs is 1. The molecule has 2 aromatic rings. The number of hydrogen-bond acceptors (Lipinski definition) is 4. The van der Waals surface area contributed by atoms with Crippen molar-refractivity contribution in [2.24, 2.45) is 0 Å². The summed E-state index contributed by atoms with van der Waals surface area (Å²) < 4.78 is 24.4. The van der Waals surface area contributed by atoms with Crippen molar-refractivity contribution in [1.29, 1.82) is 0 Å². The second-order valence-corrected chi connectivity index (χ2v) is 5.54. The number of hydrogen-bond donors (Lipinski definition) is 1. The van der Waals surface area contributed by atoms with Crippen LogP contribution in [0.3, 0.4) is 0 Å². The van der Waals surface area contributed by atoms with Crippen LogP contribution >= 0.6 is 0 Å². The molecular weight excluding hydrogens is 309 g/mol. The van der Waals surface area contributed by atoms with Crippen LogP contribution in [0, 0.1) is 5.82 Å². The number of halogens is 1. The predicted molar refractivity (Wildman–Crippen MR) is 90.1 cm³/mol. The van der Waals surface area contributed by atoms with Gasteiger partial charge in [0.05, 0.1) is 6.61 Å². The van der Waals surface area contributed by atoms with Crippen LogP contribution in [0.2, 0.25) is 0 Å². The summed E-state index contributed by atoms with van der Waals surface area (Å²) in [5, 5.41) is 0. The fourth-order valence-corrected chi connectivity index (χ4v) is 2.92. The lowest BCUT2D eigenvalue weighted by molar-refractivity contribution is -0.146. The molecule has 2 aromatic carbocycles. The van der Waals surface area contributed by atoms with Gasteiger partial charge in [-0.15, -0.1) is 0 Å². The molecule has 2 N–H and O–H groups in total.